The van der Waals surface area contributed by atoms with Gasteiger partial charge >= 0.3 is 0 Å². The zero-order valence-corrected chi connectivity index (χ0v) is 15.5. The van der Waals surface area contributed by atoms with Gasteiger partial charge in [-0.15, -0.1) is 34.4 Å². The van der Waals surface area contributed by atoms with Gasteiger partial charge in [-0.05, 0) is 39.9 Å². The summed E-state index contributed by atoms with van der Waals surface area (Å²) in [6.45, 7) is 0. The van der Waals surface area contributed by atoms with E-state index in [-0.39, 0.29) is 11.6 Å². The Morgan fingerprint density at radius 3 is 2.32 bits per heavy atom. The highest BCUT2D eigenvalue weighted by molar-refractivity contribution is 8.82. The molecule has 1 aliphatic heterocycles. The van der Waals surface area contributed by atoms with Gasteiger partial charge in [-0.25, -0.2) is 0 Å². The monoisotopic (exact) mass is 382 g/mol. The Morgan fingerprint density at radius 2 is 1.73 bits per heavy atom. The molecule has 22 heavy (non-hydrogen) atoms. The van der Waals surface area contributed by atoms with E-state index in [1.807, 2.05) is 35.2 Å². The molecule has 112 valence electrons. The van der Waals surface area contributed by atoms with Gasteiger partial charge in [-0.3, -0.25) is 9.59 Å². The molecule has 0 spiro atoms. The van der Waals surface area contributed by atoms with Crippen molar-refractivity contribution >= 4 is 67.6 Å². The number of ketones is 2. The first-order chi connectivity index (χ1) is 10.7. The van der Waals surface area contributed by atoms with E-state index in [1.165, 1.54) is 33.5 Å². The van der Waals surface area contributed by atoms with Gasteiger partial charge in [-0.2, -0.15) is 0 Å². The van der Waals surface area contributed by atoms with E-state index >= 15 is 0 Å². The van der Waals surface area contributed by atoms with Crippen LogP contribution in [0.1, 0.15) is 19.3 Å². The van der Waals surface area contributed by atoms with Crippen LogP contribution in [-0.2, 0) is 0 Å². The molecule has 0 aliphatic carbocycles. The lowest BCUT2D eigenvalue weighted by Gasteiger charge is -2.03. The molecule has 0 saturated heterocycles. The molecule has 2 aromatic rings. The fourth-order valence-corrected chi connectivity index (χ4v) is 6.90. The molecule has 2 aromatic heterocycles. The topological polar surface area (TPSA) is 34.1 Å². The average molecular weight is 383 g/mol. The van der Waals surface area contributed by atoms with Crippen molar-refractivity contribution in [1.29, 1.82) is 0 Å². The number of thioether (sulfide) groups is 1. The number of carbonyl (C=O) groups excluding carboxylic acids is 2. The van der Waals surface area contributed by atoms with Crippen LogP contribution in [0.5, 0.6) is 0 Å². The minimum absolute atomic E-state index is 0.00193. The molecule has 0 atom stereocenters. The first-order valence-corrected chi connectivity index (χ1v) is 11.3. The Bertz CT molecular complexity index is 754. The summed E-state index contributed by atoms with van der Waals surface area (Å²) in [7, 11) is 3.03. The molecule has 0 N–H and O–H groups in total. The van der Waals surface area contributed by atoms with Gasteiger partial charge in [0.25, 0.3) is 0 Å². The fourth-order valence-electron chi connectivity index (χ4n) is 1.84. The molecule has 0 amide bonds. The number of hydrogen-bond donors (Lipinski definition) is 0. The van der Waals surface area contributed by atoms with Gasteiger partial charge in [0.15, 0.2) is 5.78 Å². The Morgan fingerprint density at radius 1 is 1.05 bits per heavy atom. The number of thiophene rings is 2. The molecule has 0 fully saturated rings. The fraction of sp³-hybridized carbons (Fsp3) is 0.0667. The van der Waals surface area contributed by atoms with Gasteiger partial charge in [0.2, 0.25) is 5.78 Å². The molecule has 0 bridgehead atoms. The molecule has 0 saturated carbocycles. The Balaban J connectivity index is 1.96. The van der Waals surface area contributed by atoms with Crippen molar-refractivity contribution in [2.75, 3.05) is 6.26 Å². The highest BCUT2D eigenvalue weighted by Crippen LogP contribution is 2.54. The number of hydrogen-bond acceptors (Lipinski definition) is 7. The van der Waals surface area contributed by atoms with Crippen LogP contribution < -0.4 is 0 Å². The summed E-state index contributed by atoms with van der Waals surface area (Å²) in [6.07, 6.45) is 3.54. The lowest BCUT2D eigenvalue weighted by Crippen LogP contribution is -2.03. The minimum atomic E-state index is -0.0445. The number of Topliss-reactive ketones (excluding diaryl/α,β-unsaturated/α-hetero) is 1. The molecular weight excluding hydrogens is 372 g/mol. The minimum Gasteiger partial charge on any atom is -0.288 e. The predicted octanol–water partition coefficient (Wildman–Crippen LogP) is 5.73. The van der Waals surface area contributed by atoms with Crippen LogP contribution in [0, 0.1) is 0 Å². The van der Waals surface area contributed by atoms with Gasteiger partial charge in [0.05, 0.1) is 19.6 Å². The maximum absolute atomic E-state index is 12.7. The van der Waals surface area contributed by atoms with E-state index in [2.05, 4.69) is 0 Å². The lowest BCUT2D eigenvalue weighted by molar-refractivity contribution is 0.104. The van der Waals surface area contributed by atoms with Gasteiger partial charge in [0.1, 0.15) is 0 Å². The molecule has 0 aromatic carbocycles. The maximum Gasteiger partial charge on any atom is 0.205 e. The van der Waals surface area contributed by atoms with E-state index < -0.39 is 0 Å². The van der Waals surface area contributed by atoms with Crippen molar-refractivity contribution in [3.8, 4) is 0 Å². The van der Waals surface area contributed by atoms with Crippen molar-refractivity contribution in [3.05, 3.63) is 65.6 Å². The largest absolute Gasteiger partial charge is 0.288 e. The van der Waals surface area contributed by atoms with E-state index in [4.69, 9.17) is 0 Å². The SMILES string of the molecule is CSC1=C(C(=O)c2cccs2)/C(=C/C(=O)c2cccs2)SS1. The van der Waals surface area contributed by atoms with Crippen LogP contribution in [0.25, 0.3) is 0 Å². The standard InChI is InChI=1S/C15H10O2S5/c1-18-15-13(14(17)11-5-3-7-20-11)12(21-22-15)8-9(16)10-4-2-6-19-10/h2-8H,1H3/b12-8-. The smallest absolute Gasteiger partial charge is 0.205 e. The number of allylic oxidation sites excluding steroid dienone is 2. The molecule has 3 heterocycles. The molecule has 2 nitrogen and oxygen atoms in total. The van der Waals surface area contributed by atoms with Crippen LogP contribution >= 0.6 is 56.0 Å². The van der Waals surface area contributed by atoms with E-state index in [1.54, 1.807) is 34.7 Å². The van der Waals surface area contributed by atoms with Crippen LogP contribution in [0.15, 0.2) is 55.8 Å². The Labute approximate surface area is 148 Å². The summed E-state index contributed by atoms with van der Waals surface area (Å²) >= 11 is 4.39. The lowest BCUT2D eigenvalue weighted by atomic mass is 10.1. The summed E-state index contributed by atoms with van der Waals surface area (Å²) < 4.78 is 0.966. The quantitative estimate of drug-likeness (QED) is 0.375. The van der Waals surface area contributed by atoms with E-state index in [9.17, 15) is 9.59 Å². The second-order valence-electron chi connectivity index (χ2n) is 4.19. The zero-order valence-electron chi connectivity index (χ0n) is 11.4. The second kappa shape index (κ2) is 7.23. The van der Waals surface area contributed by atoms with Gasteiger partial charge in [0, 0.05) is 11.0 Å². The van der Waals surface area contributed by atoms with Crippen molar-refractivity contribution < 1.29 is 9.59 Å². The molecule has 7 heteroatoms. The molecular formula is C15H10O2S5. The van der Waals surface area contributed by atoms with Crippen molar-refractivity contribution in [3.63, 3.8) is 0 Å². The Hall–Kier alpha value is -0.730. The van der Waals surface area contributed by atoms with Crippen molar-refractivity contribution in [2.24, 2.45) is 0 Å². The maximum atomic E-state index is 12.7. The van der Waals surface area contributed by atoms with Crippen LogP contribution in [0.4, 0.5) is 0 Å². The van der Waals surface area contributed by atoms with E-state index in [0.717, 1.165) is 9.14 Å². The highest BCUT2D eigenvalue weighted by Gasteiger charge is 2.29. The first-order valence-electron chi connectivity index (χ1n) is 6.21. The predicted molar refractivity (Wildman–Crippen MR) is 101 cm³/mol. The van der Waals surface area contributed by atoms with Gasteiger partial charge < -0.3 is 0 Å². The van der Waals surface area contributed by atoms with Crippen LogP contribution in [0.3, 0.4) is 0 Å². The van der Waals surface area contributed by atoms with E-state index in [0.29, 0.717) is 15.3 Å². The summed E-state index contributed by atoms with van der Waals surface area (Å²) in [5, 5.41) is 3.77. The summed E-state index contributed by atoms with van der Waals surface area (Å²) in [5.41, 5.74) is 0.662. The molecule has 0 unspecified atom stereocenters. The summed E-state index contributed by atoms with van der Waals surface area (Å²) in [5.74, 6) is -0.0426. The number of carbonyl (C=O) groups is 2. The third-order valence-corrected chi connectivity index (χ3v) is 8.46. The number of rotatable bonds is 5. The van der Waals surface area contributed by atoms with Crippen LogP contribution in [0.2, 0.25) is 0 Å². The highest BCUT2D eigenvalue weighted by atomic mass is 33.1. The molecule has 3 rings (SSSR count). The third kappa shape index (κ3) is 3.28. The van der Waals surface area contributed by atoms with Crippen LogP contribution in [-0.4, -0.2) is 17.8 Å². The van der Waals surface area contributed by atoms with Crippen molar-refractivity contribution in [2.45, 2.75) is 0 Å². The summed E-state index contributed by atoms with van der Waals surface area (Å²) in [6, 6.07) is 7.35. The van der Waals surface area contributed by atoms with Crippen molar-refractivity contribution in [1.82, 2.24) is 0 Å². The summed E-state index contributed by atoms with van der Waals surface area (Å²) in [4.78, 5) is 27.2. The third-order valence-electron chi connectivity index (χ3n) is 2.84. The van der Waals surface area contributed by atoms with Gasteiger partial charge in [-0.1, -0.05) is 22.9 Å². The second-order valence-corrected chi connectivity index (χ2v) is 9.34. The zero-order chi connectivity index (χ0) is 15.5. The first kappa shape index (κ1) is 16.1. The Kier molecular flexibility index (Phi) is 5.30. The average Bonchev–Trinajstić information content (AvgIpc) is 3.26. The molecule has 0 radical (unpaired) electrons. The molecule has 1 aliphatic rings. The normalized spacial score (nSPS) is 16.5.